The number of aliphatic hydroxyl groups excluding tert-OH is 1. The van der Waals surface area contributed by atoms with Crippen molar-refractivity contribution < 1.29 is 15.0 Å². The van der Waals surface area contributed by atoms with E-state index in [1.54, 1.807) is 0 Å². The topological polar surface area (TPSA) is 72.6 Å². The van der Waals surface area contributed by atoms with Gasteiger partial charge in [0.05, 0.1) is 6.10 Å². The number of hydrogen-bond acceptors (Lipinski definition) is 4. The van der Waals surface area contributed by atoms with Crippen LogP contribution in [0, 0.1) is 10.1 Å². The maximum absolute atomic E-state index is 10.1. The zero-order valence-electron chi connectivity index (χ0n) is 7.61. The van der Waals surface area contributed by atoms with E-state index in [0.717, 1.165) is 6.42 Å². The maximum atomic E-state index is 10.1. The highest BCUT2D eigenvalue weighted by Gasteiger charge is 2.33. The summed E-state index contributed by atoms with van der Waals surface area (Å²) in [5.74, 6) is 0. The van der Waals surface area contributed by atoms with E-state index in [1.807, 2.05) is 6.92 Å². The molecule has 1 N–H and O–H groups in total. The molecule has 0 bridgehead atoms. The van der Waals surface area contributed by atoms with Crippen molar-refractivity contribution in [1.82, 2.24) is 0 Å². The molecule has 0 heterocycles. The van der Waals surface area contributed by atoms with E-state index in [9.17, 15) is 15.2 Å². The minimum atomic E-state index is -1.07. The van der Waals surface area contributed by atoms with Crippen molar-refractivity contribution >= 4 is 0 Å². The van der Waals surface area contributed by atoms with E-state index in [4.69, 9.17) is 0 Å². The Morgan fingerprint density at radius 2 is 2.25 bits per heavy atom. The van der Waals surface area contributed by atoms with E-state index in [-0.39, 0.29) is 0 Å². The normalized spacial score (nSPS) is 18.0. The van der Waals surface area contributed by atoms with Crippen molar-refractivity contribution in [1.29, 1.82) is 0 Å². The van der Waals surface area contributed by atoms with Gasteiger partial charge in [-0.15, -0.1) is 10.1 Å². The van der Waals surface area contributed by atoms with E-state index in [1.165, 1.54) is 13.8 Å². The lowest BCUT2D eigenvalue weighted by Crippen LogP contribution is -2.41. The van der Waals surface area contributed by atoms with Crippen molar-refractivity contribution in [3.63, 3.8) is 0 Å². The molecule has 2 unspecified atom stereocenters. The summed E-state index contributed by atoms with van der Waals surface area (Å²) >= 11 is 0. The van der Waals surface area contributed by atoms with Gasteiger partial charge in [-0.3, -0.25) is 0 Å². The fraction of sp³-hybridized carbons (Fsp3) is 1.00. The first kappa shape index (κ1) is 11.2. The molecule has 2 atom stereocenters. The van der Waals surface area contributed by atoms with Crippen molar-refractivity contribution in [2.24, 2.45) is 0 Å². The molecule has 0 aliphatic rings. The van der Waals surface area contributed by atoms with E-state index >= 15 is 0 Å². The van der Waals surface area contributed by atoms with E-state index in [0.29, 0.717) is 6.42 Å². The molecule has 72 valence electrons. The average molecular weight is 177 g/mol. The van der Waals surface area contributed by atoms with Crippen LogP contribution in [0.3, 0.4) is 0 Å². The fourth-order valence-electron chi connectivity index (χ4n) is 0.997. The van der Waals surface area contributed by atoms with Gasteiger partial charge in [0.25, 0.3) is 5.09 Å². The second-order valence-corrected chi connectivity index (χ2v) is 3.05. The van der Waals surface area contributed by atoms with Gasteiger partial charge in [-0.05, 0) is 20.3 Å². The van der Waals surface area contributed by atoms with Gasteiger partial charge in [-0.25, -0.2) is 0 Å². The molecular formula is C7H15NO4. The summed E-state index contributed by atoms with van der Waals surface area (Å²) in [7, 11) is 0. The molecule has 0 aromatic rings. The molecule has 5 heteroatoms. The zero-order valence-corrected chi connectivity index (χ0v) is 7.61. The van der Waals surface area contributed by atoms with Crippen LogP contribution in [-0.4, -0.2) is 21.9 Å². The second-order valence-electron chi connectivity index (χ2n) is 3.05. The molecule has 0 fully saturated rings. The molecule has 0 rings (SSSR count). The quantitative estimate of drug-likeness (QED) is 0.504. The first-order chi connectivity index (χ1) is 5.42. The van der Waals surface area contributed by atoms with Gasteiger partial charge in [-0.2, -0.15) is 0 Å². The van der Waals surface area contributed by atoms with Crippen LogP contribution in [0.4, 0.5) is 0 Å². The predicted molar refractivity (Wildman–Crippen MR) is 43.1 cm³/mol. The minimum absolute atomic E-state index is 0.464. The maximum Gasteiger partial charge on any atom is 0.295 e. The van der Waals surface area contributed by atoms with Crippen molar-refractivity contribution in [2.45, 2.75) is 45.3 Å². The third kappa shape index (κ3) is 3.04. The third-order valence-corrected chi connectivity index (χ3v) is 1.91. The summed E-state index contributed by atoms with van der Waals surface area (Å²) in [6.45, 7) is 4.90. The van der Waals surface area contributed by atoms with Gasteiger partial charge in [0.15, 0.2) is 0 Å². The van der Waals surface area contributed by atoms with Crippen LogP contribution in [0.2, 0.25) is 0 Å². The van der Waals surface area contributed by atoms with Gasteiger partial charge in [0.1, 0.15) is 5.60 Å². The fourth-order valence-corrected chi connectivity index (χ4v) is 0.997. The Bertz CT molecular complexity index is 159. The van der Waals surface area contributed by atoms with E-state index < -0.39 is 16.8 Å². The van der Waals surface area contributed by atoms with Gasteiger partial charge >= 0.3 is 0 Å². The first-order valence-electron chi connectivity index (χ1n) is 3.94. The largest absolute Gasteiger partial charge is 0.391 e. The molecule has 12 heavy (non-hydrogen) atoms. The van der Waals surface area contributed by atoms with Gasteiger partial charge in [-0.1, -0.05) is 13.3 Å². The van der Waals surface area contributed by atoms with Crippen LogP contribution in [0.25, 0.3) is 0 Å². The summed E-state index contributed by atoms with van der Waals surface area (Å²) in [5, 5.41) is 18.4. The number of rotatable bonds is 5. The summed E-state index contributed by atoms with van der Waals surface area (Å²) in [6.07, 6.45) is 0.351. The molecule has 0 spiro atoms. The molecular weight excluding hydrogens is 162 g/mol. The standard InChI is InChI=1S/C7H15NO4/c1-4-5-7(3,6(2)9)12-8(10)11/h6,9H,4-5H2,1-3H3. The van der Waals surface area contributed by atoms with Crippen molar-refractivity contribution in [2.75, 3.05) is 0 Å². The zero-order chi connectivity index (χ0) is 9.78. The first-order valence-corrected chi connectivity index (χ1v) is 3.94. The highest BCUT2D eigenvalue weighted by molar-refractivity contribution is 4.78. The Labute approximate surface area is 71.4 Å². The van der Waals surface area contributed by atoms with Crippen LogP contribution < -0.4 is 0 Å². The van der Waals surface area contributed by atoms with Crippen molar-refractivity contribution in [3.8, 4) is 0 Å². The molecule has 0 aliphatic heterocycles. The van der Waals surface area contributed by atoms with Gasteiger partial charge in [0.2, 0.25) is 0 Å². The number of nitrogens with zero attached hydrogens (tertiary/aromatic N) is 1. The van der Waals surface area contributed by atoms with Gasteiger partial charge in [0, 0.05) is 0 Å². The Balaban J connectivity index is 4.28. The summed E-state index contributed by atoms with van der Waals surface area (Å²) in [4.78, 5) is 14.5. The molecule has 5 nitrogen and oxygen atoms in total. The van der Waals surface area contributed by atoms with E-state index in [2.05, 4.69) is 4.84 Å². The van der Waals surface area contributed by atoms with Crippen LogP contribution in [0.5, 0.6) is 0 Å². The summed E-state index contributed by atoms with van der Waals surface area (Å²) in [5.41, 5.74) is -1.07. The smallest absolute Gasteiger partial charge is 0.295 e. The van der Waals surface area contributed by atoms with Gasteiger partial charge < -0.3 is 9.94 Å². The molecule has 0 radical (unpaired) electrons. The Kier molecular flexibility index (Phi) is 3.95. The molecule has 0 aromatic heterocycles. The Hall–Kier alpha value is -0.840. The number of aliphatic hydroxyl groups is 1. The molecule has 0 aliphatic carbocycles. The monoisotopic (exact) mass is 177 g/mol. The lowest BCUT2D eigenvalue weighted by atomic mass is 9.95. The minimum Gasteiger partial charge on any atom is -0.391 e. The molecule has 0 saturated heterocycles. The summed E-state index contributed by atoms with van der Waals surface area (Å²) in [6, 6.07) is 0. The highest BCUT2D eigenvalue weighted by atomic mass is 17.0. The SMILES string of the molecule is CCCC(C)(O[N+](=O)[O-])C(C)O. The average Bonchev–Trinajstić information content (AvgIpc) is 1.85. The predicted octanol–water partition coefficient (Wildman–Crippen LogP) is 1.13. The third-order valence-electron chi connectivity index (χ3n) is 1.91. The Morgan fingerprint density at radius 1 is 1.75 bits per heavy atom. The molecule has 0 saturated carbocycles. The number of hydrogen-bond donors (Lipinski definition) is 1. The van der Waals surface area contributed by atoms with Crippen LogP contribution >= 0.6 is 0 Å². The van der Waals surface area contributed by atoms with Crippen LogP contribution in [-0.2, 0) is 4.84 Å². The second kappa shape index (κ2) is 4.25. The lowest BCUT2D eigenvalue weighted by Gasteiger charge is -2.29. The highest BCUT2D eigenvalue weighted by Crippen LogP contribution is 2.21. The van der Waals surface area contributed by atoms with Crippen molar-refractivity contribution in [3.05, 3.63) is 10.1 Å². The molecule has 0 aromatic carbocycles. The van der Waals surface area contributed by atoms with Crippen LogP contribution in [0.15, 0.2) is 0 Å². The Morgan fingerprint density at radius 3 is 2.50 bits per heavy atom. The summed E-state index contributed by atoms with van der Waals surface area (Å²) < 4.78 is 0. The lowest BCUT2D eigenvalue weighted by molar-refractivity contribution is -0.783. The van der Waals surface area contributed by atoms with Crippen LogP contribution in [0.1, 0.15) is 33.6 Å². The molecule has 0 amide bonds.